The molecule has 0 bridgehead atoms. The summed E-state index contributed by atoms with van der Waals surface area (Å²) >= 11 is 1.78. The summed E-state index contributed by atoms with van der Waals surface area (Å²) in [5.41, 5.74) is 0.417. The lowest BCUT2D eigenvalue weighted by Gasteiger charge is -2.23. The molecular weight excluding hydrogens is 286 g/mol. The summed E-state index contributed by atoms with van der Waals surface area (Å²) in [5.74, 6) is 0.730. The number of hydrogen-bond donors (Lipinski definition) is 0. The SMILES string of the molecule is CCCC1SCCN1C(=O)c1cnc2ccccn2c1=O. The highest BCUT2D eigenvalue weighted by Crippen LogP contribution is 2.28. The number of carbonyl (C=O) groups is 1. The third kappa shape index (κ3) is 2.55. The molecular formula is C15H17N3O2S. The molecule has 0 radical (unpaired) electrons. The number of pyridine rings is 1. The normalized spacial score (nSPS) is 18.3. The number of carbonyl (C=O) groups excluding carboxylic acids is 1. The highest BCUT2D eigenvalue weighted by Gasteiger charge is 2.30. The second kappa shape index (κ2) is 5.89. The van der Waals surface area contributed by atoms with Crippen LogP contribution in [0.4, 0.5) is 0 Å². The number of nitrogens with zero attached hydrogens (tertiary/aromatic N) is 3. The van der Waals surface area contributed by atoms with Crippen LogP contribution in [0.3, 0.4) is 0 Å². The summed E-state index contributed by atoms with van der Waals surface area (Å²) in [6.45, 7) is 2.80. The predicted octanol–water partition coefficient (Wildman–Crippen LogP) is 2.01. The zero-order chi connectivity index (χ0) is 14.8. The van der Waals surface area contributed by atoms with Gasteiger partial charge in [0.15, 0.2) is 0 Å². The highest BCUT2D eigenvalue weighted by molar-refractivity contribution is 8.00. The Labute approximate surface area is 127 Å². The van der Waals surface area contributed by atoms with Crippen molar-refractivity contribution in [2.75, 3.05) is 12.3 Å². The number of thioether (sulfide) groups is 1. The average Bonchev–Trinajstić information content (AvgIpc) is 2.96. The molecule has 0 aromatic carbocycles. The fraction of sp³-hybridized carbons (Fsp3) is 0.400. The third-order valence-corrected chi connectivity index (χ3v) is 4.92. The molecule has 1 atom stereocenters. The van der Waals surface area contributed by atoms with Crippen LogP contribution < -0.4 is 5.56 Å². The van der Waals surface area contributed by atoms with Crippen molar-refractivity contribution < 1.29 is 4.79 Å². The van der Waals surface area contributed by atoms with E-state index in [9.17, 15) is 9.59 Å². The van der Waals surface area contributed by atoms with Gasteiger partial charge in [0.05, 0.1) is 5.37 Å². The maximum atomic E-state index is 12.7. The van der Waals surface area contributed by atoms with Gasteiger partial charge in [0.2, 0.25) is 0 Å². The minimum Gasteiger partial charge on any atom is -0.326 e. The monoisotopic (exact) mass is 303 g/mol. The van der Waals surface area contributed by atoms with Crippen molar-refractivity contribution in [1.82, 2.24) is 14.3 Å². The van der Waals surface area contributed by atoms with Gasteiger partial charge in [-0.15, -0.1) is 11.8 Å². The van der Waals surface area contributed by atoms with Crippen molar-refractivity contribution in [3.63, 3.8) is 0 Å². The van der Waals surface area contributed by atoms with Gasteiger partial charge in [-0.1, -0.05) is 19.4 Å². The molecule has 1 amide bonds. The first-order valence-electron chi connectivity index (χ1n) is 7.11. The van der Waals surface area contributed by atoms with Crippen LogP contribution in [0, 0.1) is 0 Å². The molecule has 0 aliphatic carbocycles. The van der Waals surface area contributed by atoms with Crippen LogP contribution in [0.1, 0.15) is 30.1 Å². The van der Waals surface area contributed by atoms with Crippen molar-refractivity contribution in [2.24, 2.45) is 0 Å². The molecule has 6 heteroatoms. The van der Waals surface area contributed by atoms with Crippen molar-refractivity contribution in [3.05, 3.63) is 46.5 Å². The fourth-order valence-electron chi connectivity index (χ4n) is 2.57. The van der Waals surface area contributed by atoms with Gasteiger partial charge < -0.3 is 4.90 Å². The summed E-state index contributed by atoms with van der Waals surface area (Å²) in [6.07, 6.45) is 5.03. The molecule has 3 rings (SSSR count). The highest BCUT2D eigenvalue weighted by atomic mass is 32.2. The molecule has 5 nitrogen and oxygen atoms in total. The topological polar surface area (TPSA) is 54.7 Å². The smallest absolute Gasteiger partial charge is 0.270 e. The zero-order valence-electron chi connectivity index (χ0n) is 11.9. The quantitative estimate of drug-likeness (QED) is 0.870. The molecule has 1 fully saturated rings. The molecule has 2 aromatic rings. The summed E-state index contributed by atoms with van der Waals surface area (Å²) in [6, 6.07) is 5.33. The van der Waals surface area contributed by atoms with Crippen LogP contribution in [0.5, 0.6) is 0 Å². The Morgan fingerprint density at radius 1 is 1.48 bits per heavy atom. The van der Waals surface area contributed by atoms with E-state index in [2.05, 4.69) is 11.9 Å². The summed E-state index contributed by atoms with van der Waals surface area (Å²) < 4.78 is 1.42. The summed E-state index contributed by atoms with van der Waals surface area (Å²) in [7, 11) is 0. The van der Waals surface area contributed by atoms with E-state index in [4.69, 9.17) is 0 Å². The number of hydrogen-bond acceptors (Lipinski definition) is 4. The van der Waals surface area contributed by atoms with E-state index in [0.717, 1.165) is 18.6 Å². The Morgan fingerprint density at radius 3 is 3.14 bits per heavy atom. The fourth-order valence-corrected chi connectivity index (χ4v) is 3.93. The number of rotatable bonds is 3. The van der Waals surface area contributed by atoms with Crippen LogP contribution in [0.2, 0.25) is 0 Å². The molecule has 1 aliphatic rings. The lowest BCUT2D eigenvalue weighted by atomic mass is 10.2. The standard InChI is InChI=1S/C15H17N3O2S/c1-2-5-13-18(8-9-21-13)15(20)11-10-16-12-6-3-4-7-17(12)14(11)19/h3-4,6-7,10,13H,2,5,8-9H2,1H3. The van der Waals surface area contributed by atoms with Gasteiger partial charge in [-0.3, -0.25) is 14.0 Å². The van der Waals surface area contributed by atoms with Crippen LogP contribution in [0.15, 0.2) is 35.4 Å². The maximum absolute atomic E-state index is 12.7. The van der Waals surface area contributed by atoms with E-state index in [1.165, 1.54) is 10.6 Å². The van der Waals surface area contributed by atoms with Crippen molar-refractivity contribution in [2.45, 2.75) is 25.1 Å². The Hall–Kier alpha value is -1.82. The summed E-state index contributed by atoms with van der Waals surface area (Å²) in [5, 5.41) is 0.179. The Kier molecular flexibility index (Phi) is 3.96. The first kappa shape index (κ1) is 14.1. The molecule has 1 aliphatic heterocycles. The van der Waals surface area contributed by atoms with Crippen molar-refractivity contribution in [3.8, 4) is 0 Å². The summed E-state index contributed by atoms with van der Waals surface area (Å²) in [4.78, 5) is 31.1. The molecule has 0 spiro atoms. The molecule has 1 saturated heterocycles. The van der Waals surface area contributed by atoms with Crippen LogP contribution in [-0.4, -0.2) is 37.9 Å². The predicted molar refractivity (Wildman–Crippen MR) is 83.7 cm³/mol. The second-order valence-electron chi connectivity index (χ2n) is 5.02. The van der Waals surface area contributed by atoms with Crippen molar-refractivity contribution in [1.29, 1.82) is 0 Å². The number of aromatic nitrogens is 2. The Bertz CT molecular complexity index is 728. The van der Waals surface area contributed by atoms with Gasteiger partial charge in [-0.25, -0.2) is 4.98 Å². The zero-order valence-corrected chi connectivity index (χ0v) is 12.7. The Morgan fingerprint density at radius 2 is 2.33 bits per heavy atom. The van der Waals surface area contributed by atoms with Gasteiger partial charge in [0, 0.05) is 24.7 Å². The van der Waals surface area contributed by atoms with Crippen LogP contribution >= 0.6 is 11.8 Å². The lowest BCUT2D eigenvalue weighted by Crippen LogP contribution is -2.38. The first-order chi connectivity index (χ1) is 10.2. The van der Waals surface area contributed by atoms with E-state index in [1.807, 2.05) is 11.0 Å². The van der Waals surface area contributed by atoms with E-state index >= 15 is 0 Å². The molecule has 0 N–H and O–H groups in total. The van der Waals surface area contributed by atoms with Gasteiger partial charge in [-0.2, -0.15) is 0 Å². The average molecular weight is 303 g/mol. The minimum absolute atomic E-state index is 0.155. The van der Waals surface area contributed by atoms with E-state index < -0.39 is 0 Å². The number of amides is 1. The molecule has 110 valence electrons. The first-order valence-corrected chi connectivity index (χ1v) is 8.16. The molecule has 3 heterocycles. The van der Waals surface area contributed by atoms with Gasteiger partial charge in [0.1, 0.15) is 11.2 Å². The minimum atomic E-state index is -0.294. The third-order valence-electron chi connectivity index (χ3n) is 3.63. The van der Waals surface area contributed by atoms with Crippen molar-refractivity contribution >= 4 is 23.3 Å². The second-order valence-corrected chi connectivity index (χ2v) is 6.30. The van der Waals surface area contributed by atoms with E-state index in [-0.39, 0.29) is 22.4 Å². The molecule has 21 heavy (non-hydrogen) atoms. The molecule has 0 saturated carbocycles. The number of fused-ring (bicyclic) bond motifs is 1. The maximum Gasteiger partial charge on any atom is 0.270 e. The van der Waals surface area contributed by atoms with Crippen LogP contribution in [-0.2, 0) is 0 Å². The van der Waals surface area contributed by atoms with Gasteiger partial charge >= 0.3 is 0 Å². The van der Waals surface area contributed by atoms with Gasteiger partial charge in [0.25, 0.3) is 11.5 Å². The van der Waals surface area contributed by atoms with Gasteiger partial charge in [-0.05, 0) is 18.6 Å². The van der Waals surface area contributed by atoms with E-state index in [1.54, 1.807) is 30.1 Å². The Balaban J connectivity index is 1.98. The van der Waals surface area contributed by atoms with Crippen LogP contribution in [0.25, 0.3) is 5.65 Å². The molecule has 1 unspecified atom stereocenters. The molecule has 2 aromatic heterocycles. The largest absolute Gasteiger partial charge is 0.326 e. The van der Waals surface area contributed by atoms with E-state index in [0.29, 0.717) is 12.2 Å². The lowest BCUT2D eigenvalue weighted by molar-refractivity contribution is 0.0754.